The third kappa shape index (κ3) is 8.39. The number of guanidine groups is 1. The van der Waals surface area contributed by atoms with Gasteiger partial charge in [-0.2, -0.15) is 0 Å². The molecule has 0 heterocycles. The summed E-state index contributed by atoms with van der Waals surface area (Å²) in [6.07, 6.45) is 3.88. The first kappa shape index (κ1) is 22.9. The van der Waals surface area contributed by atoms with Crippen LogP contribution in [0.25, 0.3) is 0 Å². The van der Waals surface area contributed by atoms with E-state index in [1.807, 2.05) is 11.2 Å². The van der Waals surface area contributed by atoms with Gasteiger partial charge in [-0.15, -0.1) is 6.42 Å². The molecule has 1 aromatic rings. The summed E-state index contributed by atoms with van der Waals surface area (Å²) in [5.41, 5.74) is 5.00. The molecule has 8 N–H and O–H groups in total. The normalized spacial score (nSPS) is 10.7. The Labute approximate surface area is 165 Å². The highest BCUT2D eigenvalue weighted by Crippen LogP contribution is 2.23. The largest absolute Gasteiger partial charge is 0.507 e. The third-order valence-electron chi connectivity index (χ3n) is 3.24. The van der Waals surface area contributed by atoms with E-state index < -0.39 is 36.3 Å². The first-order valence-electron chi connectivity index (χ1n) is 8.16. The highest BCUT2D eigenvalue weighted by Gasteiger charge is 2.22. The number of rotatable bonds is 10. The lowest BCUT2D eigenvalue weighted by Crippen LogP contribution is -2.48. The molecule has 0 saturated heterocycles. The molecule has 12 heteroatoms. The highest BCUT2D eigenvalue weighted by atomic mass is 16.5. The topological polar surface area (TPSA) is 196 Å². The van der Waals surface area contributed by atoms with Crippen molar-refractivity contribution in [1.82, 2.24) is 16.0 Å². The fourth-order valence-electron chi connectivity index (χ4n) is 1.93. The Kier molecular flexibility index (Phi) is 9.12. The maximum absolute atomic E-state index is 12.2. The number of aliphatic carboxylic acids is 1. The van der Waals surface area contributed by atoms with Crippen molar-refractivity contribution in [2.24, 2.45) is 5.73 Å². The third-order valence-corrected chi connectivity index (χ3v) is 3.24. The number of phenols is 1. The molecule has 0 bridgehead atoms. The molecule has 1 atom stereocenters. The molecule has 0 spiro atoms. The fourth-order valence-corrected chi connectivity index (χ4v) is 1.93. The SMILES string of the molecule is C#CCOC(=O)N[C@@H](CNC(=O)c1ccc(OCCNC(=N)N)cc1O)C(=O)O. The van der Waals surface area contributed by atoms with E-state index in [-0.39, 0.29) is 37.0 Å². The summed E-state index contributed by atoms with van der Waals surface area (Å²) in [5.74, 6) is -0.459. The molecule has 1 aromatic carbocycles. The van der Waals surface area contributed by atoms with Crippen LogP contribution in [0.1, 0.15) is 10.4 Å². The fraction of sp³-hybridized carbons (Fsp3) is 0.294. The van der Waals surface area contributed by atoms with Crippen molar-refractivity contribution in [2.75, 3.05) is 26.3 Å². The second-order valence-electron chi connectivity index (χ2n) is 5.39. The van der Waals surface area contributed by atoms with E-state index in [1.165, 1.54) is 18.2 Å². The monoisotopic (exact) mass is 407 g/mol. The van der Waals surface area contributed by atoms with E-state index in [0.717, 1.165) is 0 Å². The summed E-state index contributed by atoms with van der Waals surface area (Å²) in [6, 6.07) is 2.44. The van der Waals surface area contributed by atoms with Gasteiger partial charge in [0, 0.05) is 12.6 Å². The number of carbonyl (C=O) groups excluding carboxylic acids is 2. The van der Waals surface area contributed by atoms with Crippen molar-refractivity contribution >= 4 is 23.9 Å². The van der Waals surface area contributed by atoms with Gasteiger partial charge in [0.05, 0.1) is 12.1 Å². The number of phenolic OH excluding ortho intramolecular Hbond substituents is 1. The standard InChI is InChI=1S/C17H21N5O7/c1-2-6-29-17(27)22-12(15(25)26)9-21-14(24)11-4-3-10(8-13(11)23)28-7-5-20-16(18)19/h1,3-4,8,12,23H,5-7,9H2,(H,21,24)(H,22,27)(H,25,26)(H4,18,19,20)/t12-/m0/s1. The minimum atomic E-state index is -1.47. The van der Waals surface area contributed by atoms with Gasteiger partial charge in [0.25, 0.3) is 5.91 Å². The van der Waals surface area contributed by atoms with Crippen molar-refractivity contribution in [1.29, 1.82) is 5.41 Å². The average Bonchev–Trinajstić information content (AvgIpc) is 2.66. The lowest BCUT2D eigenvalue weighted by Gasteiger charge is -2.15. The molecule has 12 nitrogen and oxygen atoms in total. The molecule has 0 fully saturated rings. The highest BCUT2D eigenvalue weighted by molar-refractivity contribution is 5.97. The van der Waals surface area contributed by atoms with Gasteiger partial charge in [0.1, 0.15) is 24.1 Å². The number of amides is 2. The van der Waals surface area contributed by atoms with Gasteiger partial charge in [-0.3, -0.25) is 10.2 Å². The Balaban J connectivity index is 2.61. The molecule has 1 rings (SSSR count). The second kappa shape index (κ2) is 11.5. The summed E-state index contributed by atoms with van der Waals surface area (Å²) in [6.45, 7) is -0.372. The Morgan fingerprint density at radius 2 is 2.03 bits per heavy atom. The van der Waals surface area contributed by atoms with Crippen molar-refractivity contribution in [2.45, 2.75) is 6.04 Å². The van der Waals surface area contributed by atoms with Crippen LogP contribution in [0.5, 0.6) is 11.5 Å². The quantitative estimate of drug-likeness (QED) is 0.108. The zero-order valence-electron chi connectivity index (χ0n) is 15.2. The maximum Gasteiger partial charge on any atom is 0.408 e. The van der Waals surface area contributed by atoms with Gasteiger partial charge in [0.15, 0.2) is 12.6 Å². The number of carbonyl (C=O) groups is 3. The molecule has 0 unspecified atom stereocenters. The zero-order valence-corrected chi connectivity index (χ0v) is 15.2. The number of nitrogens with one attached hydrogen (secondary N) is 4. The Morgan fingerprint density at radius 3 is 2.62 bits per heavy atom. The number of alkyl carbamates (subject to hydrolysis) is 1. The average molecular weight is 407 g/mol. The zero-order chi connectivity index (χ0) is 21.8. The Morgan fingerprint density at radius 1 is 1.31 bits per heavy atom. The van der Waals surface area contributed by atoms with Gasteiger partial charge in [0.2, 0.25) is 0 Å². The number of terminal acetylenes is 1. The van der Waals surface area contributed by atoms with Gasteiger partial charge < -0.3 is 41.4 Å². The van der Waals surface area contributed by atoms with E-state index in [1.54, 1.807) is 0 Å². The van der Waals surface area contributed by atoms with E-state index >= 15 is 0 Å². The summed E-state index contributed by atoms with van der Waals surface area (Å²) < 4.78 is 9.83. The van der Waals surface area contributed by atoms with E-state index in [0.29, 0.717) is 0 Å². The smallest absolute Gasteiger partial charge is 0.408 e. The number of nitrogens with two attached hydrogens (primary N) is 1. The lowest BCUT2D eigenvalue weighted by atomic mass is 10.1. The van der Waals surface area contributed by atoms with Crippen LogP contribution in [0, 0.1) is 17.8 Å². The van der Waals surface area contributed by atoms with Crippen molar-refractivity contribution < 1.29 is 34.1 Å². The van der Waals surface area contributed by atoms with Gasteiger partial charge in [-0.05, 0) is 12.1 Å². The molecular formula is C17H21N5O7. The first-order chi connectivity index (χ1) is 13.7. The van der Waals surface area contributed by atoms with E-state index in [9.17, 15) is 19.5 Å². The summed E-state index contributed by atoms with van der Waals surface area (Å²) >= 11 is 0. The minimum absolute atomic E-state index is 0.127. The molecule has 0 radical (unpaired) electrons. The van der Waals surface area contributed by atoms with Crippen LogP contribution in [-0.4, -0.2) is 66.5 Å². The molecule has 29 heavy (non-hydrogen) atoms. The van der Waals surface area contributed by atoms with Crippen molar-refractivity contribution in [3.05, 3.63) is 23.8 Å². The van der Waals surface area contributed by atoms with Crippen LogP contribution in [0.2, 0.25) is 0 Å². The summed E-state index contributed by atoms with van der Waals surface area (Å²) in [4.78, 5) is 34.7. The number of hydrogen-bond donors (Lipinski definition) is 7. The Bertz CT molecular complexity index is 806. The molecule has 156 valence electrons. The molecule has 2 amide bonds. The van der Waals surface area contributed by atoms with Crippen LogP contribution < -0.4 is 26.4 Å². The summed E-state index contributed by atoms with van der Waals surface area (Å²) in [7, 11) is 0. The number of aromatic hydroxyl groups is 1. The van der Waals surface area contributed by atoms with Gasteiger partial charge >= 0.3 is 12.1 Å². The van der Waals surface area contributed by atoms with E-state index in [4.69, 9.17) is 27.4 Å². The first-order valence-corrected chi connectivity index (χ1v) is 8.16. The van der Waals surface area contributed by atoms with Crippen LogP contribution >= 0.6 is 0 Å². The van der Waals surface area contributed by atoms with E-state index in [2.05, 4.69) is 15.4 Å². The van der Waals surface area contributed by atoms with Gasteiger partial charge in [-0.25, -0.2) is 9.59 Å². The van der Waals surface area contributed by atoms with Crippen LogP contribution in [-0.2, 0) is 9.53 Å². The van der Waals surface area contributed by atoms with Crippen molar-refractivity contribution in [3.63, 3.8) is 0 Å². The second-order valence-corrected chi connectivity index (χ2v) is 5.39. The minimum Gasteiger partial charge on any atom is -0.507 e. The number of ether oxygens (including phenoxy) is 2. The predicted octanol–water partition coefficient (Wildman–Crippen LogP) is -1.20. The summed E-state index contributed by atoms with van der Waals surface area (Å²) in [5, 5.41) is 33.0. The molecule has 0 aliphatic rings. The predicted molar refractivity (Wildman–Crippen MR) is 101 cm³/mol. The van der Waals surface area contributed by atoms with Gasteiger partial charge in [-0.1, -0.05) is 5.92 Å². The maximum atomic E-state index is 12.2. The number of benzene rings is 1. The lowest BCUT2D eigenvalue weighted by molar-refractivity contribution is -0.139. The van der Waals surface area contributed by atoms with Crippen LogP contribution in [0.3, 0.4) is 0 Å². The number of hydrogen-bond acceptors (Lipinski definition) is 7. The van der Waals surface area contributed by atoms with Crippen LogP contribution in [0.4, 0.5) is 4.79 Å². The number of carboxylic acids is 1. The molecule has 0 aromatic heterocycles. The molecule has 0 aliphatic carbocycles. The molecular weight excluding hydrogens is 386 g/mol. The van der Waals surface area contributed by atoms with Crippen LogP contribution in [0.15, 0.2) is 18.2 Å². The molecule has 0 saturated carbocycles. The van der Waals surface area contributed by atoms with Crippen molar-refractivity contribution in [3.8, 4) is 23.8 Å². The number of carboxylic acid groups (broad SMARTS) is 1. The molecule has 0 aliphatic heterocycles. The Hall–Kier alpha value is -4.14.